The Labute approximate surface area is 160 Å². The molecule has 3 rings (SSSR count). The summed E-state index contributed by atoms with van der Waals surface area (Å²) in [6, 6.07) is 11.1. The molecule has 0 bridgehead atoms. The summed E-state index contributed by atoms with van der Waals surface area (Å²) in [5.74, 6) is -0.103. The van der Waals surface area contributed by atoms with Crippen LogP contribution in [0.25, 0.3) is 0 Å². The second-order valence-electron chi connectivity index (χ2n) is 6.39. The summed E-state index contributed by atoms with van der Waals surface area (Å²) in [4.78, 5) is 24.0. The summed E-state index contributed by atoms with van der Waals surface area (Å²) in [6.07, 6.45) is 1.85. The van der Waals surface area contributed by atoms with Crippen LogP contribution >= 0.6 is 0 Å². The van der Waals surface area contributed by atoms with Gasteiger partial charge in [-0.3, -0.25) is 9.59 Å². The van der Waals surface area contributed by atoms with Crippen molar-refractivity contribution in [3.63, 3.8) is 0 Å². The Morgan fingerprint density at radius 3 is 2.43 bits per heavy atom. The maximum atomic E-state index is 12.4. The van der Waals surface area contributed by atoms with Gasteiger partial charge in [0.15, 0.2) is 11.5 Å². The topological polar surface area (TPSA) is 76.7 Å². The van der Waals surface area contributed by atoms with Crippen LogP contribution in [0.4, 0.5) is 14.5 Å². The molecule has 0 spiro atoms. The highest BCUT2D eigenvalue weighted by molar-refractivity contribution is 5.96. The zero-order valence-electron chi connectivity index (χ0n) is 15.2. The number of amides is 2. The maximum absolute atomic E-state index is 12.4. The van der Waals surface area contributed by atoms with Crippen LogP contribution < -0.4 is 20.1 Å². The summed E-state index contributed by atoms with van der Waals surface area (Å²) >= 11 is 0. The number of alkyl halides is 2. The first-order valence-corrected chi connectivity index (χ1v) is 8.77. The van der Waals surface area contributed by atoms with E-state index in [0.717, 1.165) is 12.8 Å². The average Bonchev–Trinajstić information content (AvgIpc) is 3.52. The van der Waals surface area contributed by atoms with E-state index in [4.69, 9.17) is 4.74 Å². The van der Waals surface area contributed by atoms with Crippen LogP contribution in [-0.2, 0) is 11.3 Å². The van der Waals surface area contributed by atoms with Gasteiger partial charge in [-0.1, -0.05) is 6.07 Å². The van der Waals surface area contributed by atoms with Gasteiger partial charge in [0.2, 0.25) is 5.91 Å². The lowest BCUT2D eigenvalue weighted by Crippen LogP contribution is -2.22. The molecule has 6 nitrogen and oxygen atoms in total. The Morgan fingerprint density at radius 1 is 1.11 bits per heavy atom. The van der Waals surface area contributed by atoms with Gasteiger partial charge in [-0.15, -0.1) is 0 Å². The van der Waals surface area contributed by atoms with E-state index >= 15 is 0 Å². The number of rotatable bonds is 8. The minimum atomic E-state index is -2.95. The minimum absolute atomic E-state index is 0.00502. The molecule has 0 aromatic heterocycles. The number of hydrogen-bond acceptors (Lipinski definition) is 4. The summed E-state index contributed by atoms with van der Waals surface area (Å²) in [5.41, 5.74) is 1.75. The van der Waals surface area contributed by atoms with Crippen molar-refractivity contribution in [3.8, 4) is 11.5 Å². The third kappa shape index (κ3) is 5.18. The highest BCUT2D eigenvalue weighted by Gasteiger charge is 2.29. The molecule has 28 heavy (non-hydrogen) atoms. The highest BCUT2D eigenvalue weighted by Crippen LogP contribution is 2.30. The molecule has 8 heteroatoms. The van der Waals surface area contributed by atoms with E-state index in [9.17, 15) is 18.4 Å². The number of halogens is 2. The van der Waals surface area contributed by atoms with E-state index in [1.54, 1.807) is 30.3 Å². The van der Waals surface area contributed by atoms with E-state index in [1.165, 1.54) is 19.2 Å². The van der Waals surface area contributed by atoms with Gasteiger partial charge >= 0.3 is 6.61 Å². The van der Waals surface area contributed by atoms with Crippen molar-refractivity contribution in [2.75, 3.05) is 12.4 Å². The van der Waals surface area contributed by atoms with Gasteiger partial charge < -0.3 is 20.1 Å². The van der Waals surface area contributed by atoms with E-state index in [-0.39, 0.29) is 35.8 Å². The highest BCUT2D eigenvalue weighted by atomic mass is 19.3. The molecule has 1 fully saturated rings. The van der Waals surface area contributed by atoms with Crippen molar-refractivity contribution in [3.05, 3.63) is 53.6 Å². The second-order valence-corrected chi connectivity index (χ2v) is 6.39. The number of anilines is 1. The lowest BCUT2D eigenvalue weighted by Gasteiger charge is -2.12. The van der Waals surface area contributed by atoms with Crippen LogP contribution in [0, 0.1) is 5.92 Å². The molecule has 0 atom stereocenters. The molecule has 0 saturated heterocycles. The van der Waals surface area contributed by atoms with Crippen molar-refractivity contribution >= 4 is 17.5 Å². The molecule has 148 valence electrons. The molecule has 1 saturated carbocycles. The van der Waals surface area contributed by atoms with Gasteiger partial charge in [0.05, 0.1) is 7.11 Å². The van der Waals surface area contributed by atoms with Crippen molar-refractivity contribution < 1.29 is 27.8 Å². The number of methoxy groups -OCH3 is 1. The number of hydrogen-bond donors (Lipinski definition) is 2. The van der Waals surface area contributed by atoms with Gasteiger partial charge in [0, 0.05) is 23.7 Å². The van der Waals surface area contributed by atoms with Crippen LogP contribution in [0.1, 0.15) is 28.8 Å². The number of nitrogens with one attached hydrogen (secondary N) is 2. The SMILES string of the molecule is COc1cc(CNC(=O)c2ccc(NC(=O)C3CC3)cc2)ccc1OC(F)F. The fourth-order valence-corrected chi connectivity index (χ4v) is 2.59. The Hall–Kier alpha value is -3.16. The summed E-state index contributed by atoms with van der Waals surface area (Å²) < 4.78 is 34.1. The first-order chi connectivity index (χ1) is 13.5. The molecule has 2 N–H and O–H groups in total. The fourth-order valence-electron chi connectivity index (χ4n) is 2.59. The quantitative estimate of drug-likeness (QED) is 0.722. The van der Waals surface area contributed by atoms with Crippen molar-refractivity contribution in [2.24, 2.45) is 5.92 Å². The molecular formula is C20H20F2N2O4. The predicted molar refractivity (Wildman–Crippen MR) is 98.6 cm³/mol. The van der Waals surface area contributed by atoms with E-state index < -0.39 is 6.61 Å². The molecular weight excluding hydrogens is 370 g/mol. The van der Waals surface area contributed by atoms with E-state index in [2.05, 4.69) is 15.4 Å². The third-order valence-corrected chi connectivity index (χ3v) is 4.26. The van der Waals surface area contributed by atoms with Crippen molar-refractivity contribution in [1.82, 2.24) is 5.32 Å². The predicted octanol–water partition coefficient (Wildman–Crippen LogP) is 3.58. The summed E-state index contributed by atoms with van der Waals surface area (Å²) in [7, 11) is 1.35. The standard InChI is InChI=1S/C20H20F2N2O4/c1-27-17-10-12(2-9-16(17)28-20(21)22)11-23-18(25)13-5-7-15(8-6-13)24-19(26)14-3-4-14/h2,5-10,14,20H,3-4,11H2,1H3,(H,23,25)(H,24,26). The molecule has 0 heterocycles. The summed E-state index contributed by atoms with van der Waals surface area (Å²) in [6.45, 7) is -2.76. The maximum Gasteiger partial charge on any atom is 0.387 e. The van der Waals surface area contributed by atoms with Gasteiger partial charge in [-0.2, -0.15) is 8.78 Å². The lowest BCUT2D eigenvalue weighted by atomic mass is 10.1. The molecule has 1 aliphatic rings. The Balaban J connectivity index is 1.56. The number of carbonyl (C=O) groups excluding carboxylic acids is 2. The van der Waals surface area contributed by atoms with Crippen LogP contribution in [0.15, 0.2) is 42.5 Å². The van der Waals surface area contributed by atoms with Crippen LogP contribution in [-0.4, -0.2) is 25.5 Å². The van der Waals surface area contributed by atoms with Gasteiger partial charge in [0.25, 0.3) is 5.91 Å². The number of ether oxygens (including phenoxy) is 2. The minimum Gasteiger partial charge on any atom is -0.493 e. The molecule has 0 unspecified atom stereocenters. The van der Waals surface area contributed by atoms with Crippen LogP contribution in [0.5, 0.6) is 11.5 Å². The van der Waals surface area contributed by atoms with Crippen molar-refractivity contribution in [1.29, 1.82) is 0 Å². The summed E-state index contributed by atoms with van der Waals surface area (Å²) in [5, 5.41) is 5.55. The molecule has 2 aromatic carbocycles. The fraction of sp³-hybridized carbons (Fsp3) is 0.300. The molecule has 0 radical (unpaired) electrons. The molecule has 2 aromatic rings. The van der Waals surface area contributed by atoms with E-state index in [0.29, 0.717) is 16.8 Å². The Morgan fingerprint density at radius 2 is 1.82 bits per heavy atom. The zero-order chi connectivity index (χ0) is 20.1. The Bertz CT molecular complexity index is 852. The second kappa shape index (κ2) is 8.69. The monoisotopic (exact) mass is 390 g/mol. The van der Waals surface area contributed by atoms with Gasteiger partial charge in [0.1, 0.15) is 0 Å². The van der Waals surface area contributed by atoms with Crippen molar-refractivity contribution in [2.45, 2.75) is 26.0 Å². The third-order valence-electron chi connectivity index (χ3n) is 4.26. The Kier molecular flexibility index (Phi) is 6.08. The molecule has 1 aliphatic carbocycles. The van der Waals surface area contributed by atoms with Gasteiger partial charge in [-0.05, 0) is 54.8 Å². The molecule has 0 aliphatic heterocycles. The smallest absolute Gasteiger partial charge is 0.387 e. The first-order valence-electron chi connectivity index (χ1n) is 8.77. The van der Waals surface area contributed by atoms with Crippen LogP contribution in [0.3, 0.4) is 0 Å². The molecule has 2 amide bonds. The number of benzene rings is 2. The zero-order valence-corrected chi connectivity index (χ0v) is 15.2. The average molecular weight is 390 g/mol. The van der Waals surface area contributed by atoms with Crippen LogP contribution in [0.2, 0.25) is 0 Å². The first kappa shape index (κ1) is 19.6. The van der Waals surface area contributed by atoms with Gasteiger partial charge in [-0.25, -0.2) is 0 Å². The largest absolute Gasteiger partial charge is 0.493 e. The lowest BCUT2D eigenvalue weighted by molar-refractivity contribution is -0.117. The number of carbonyl (C=O) groups is 2. The van der Waals surface area contributed by atoms with E-state index in [1.807, 2.05) is 0 Å². The normalized spacial score (nSPS) is 13.1.